The van der Waals surface area contributed by atoms with Gasteiger partial charge in [0.1, 0.15) is 5.82 Å². The van der Waals surface area contributed by atoms with Crippen molar-refractivity contribution >= 4 is 11.8 Å². The molecule has 0 amide bonds. The minimum atomic E-state index is -0.913. The summed E-state index contributed by atoms with van der Waals surface area (Å²) in [4.78, 5) is 17.6. The first-order chi connectivity index (χ1) is 8.65. The molecule has 2 bridgehead atoms. The van der Waals surface area contributed by atoms with Crippen LogP contribution in [0.4, 0.5) is 5.82 Å². The van der Waals surface area contributed by atoms with E-state index in [1.807, 2.05) is 6.07 Å². The van der Waals surface area contributed by atoms with E-state index < -0.39 is 5.97 Å². The quantitative estimate of drug-likeness (QED) is 0.871. The molecular weight excluding hydrogens is 228 g/mol. The van der Waals surface area contributed by atoms with E-state index in [-0.39, 0.29) is 5.56 Å². The van der Waals surface area contributed by atoms with Crippen LogP contribution < -0.4 is 4.90 Å². The van der Waals surface area contributed by atoms with E-state index in [1.165, 1.54) is 31.9 Å². The number of carboxylic acid groups (broad SMARTS) is 1. The topological polar surface area (TPSA) is 53.4 Å². The minimum absolute atomic E-state index is 0.261. The summed E-state index contributed by atoms with van der Waals surface area (Å²) in [6, 6.07) is 4.70. The van der Waals surface area contributed by atoms with Crippen LogP contribution in [0.2, 0.25) is 0 Å². The van der Waals surface area contributed by atoms with E-state index in [1.54, 1.807) is 6.07 Å². The van der Waals surface area contributed by atoms with Crippen LogP contribution in [0.3, 0.4) is 0 Å². The van der Waals surface area contributed by atoms with E-state index in [0.29, 0.717) is 12.1 Å². The van der Waals surface area contributed by atoms with Gasteiger partial charge in [-0.3, -0.25) is 0 Å². The van der Waals surface area contributed by atoms with Crippen LogP contribution in [0.25, 0.3) is 0 Å². The summed E-state index contributed by atoms with van der Waals surface area (Å²) < 4.78 is 0. The lowest BCUT2D eigenvalue weighted by atomic mass is 9.92. The molecule has 3 rings (SSSR count). The maximum Gasteiger partial charge on any atom is 0.337 e. The monoisotopic (exact) mass is 246 g/mol. The Balaban J connectivity index is 1.85. The molecule has 0 spiro atoms. The first kappa shape index (κ1) is 11.5. The van der Waals surface area contributed by atoms with E-state index in [4.69, 9.17) is 5.11 Å². The summed E-state index contributed by atoms with van der Waals surface area (Å²) in [6.45, 7) is 2.32. The second kappa shape index (κ2) is 4.26. The van der Waals surface area contributed by atoms with Crippen molar-refractivity contribution < 1.29 is 9.90 Å². The molecule has 1 aromatic rings. The smallest absolute Gasteiger partial charge is 0.337 e. The molecule has 4 heteroatoms. The van der Waals surface area contributed by atoms with Crippen molar-refractivity contribution in [2.75, 3.05) is 4.90 Å². The molecule has 2 aliphatic rings. The second-order valence-electron chi connectivity index (χ2n) is 5.58. The molecule has 96 valence electrons. The zero-order chi connectivity index (χ0) is 12.7. The third kappa shape index (κ3) is 1.85. The number of hydrogen-bond acceptors (Lipinski definition) is 3. The zero-order valence-electron chi connectivity index (χ0n) is 10.5. The highest BCUT2D eigenvalue weighted by Crippen LogP contribution is 2.40. The van der Waals surface area contributed by atoms with Gasteiger partial charge in [0.2, 0.25) is 0 Å². The number of aromatic carboxylic acids is 1. The predicted molar refractivity (Wildman–Crippen MR) is 68.9 cm³/mol. The summed E-state index contributed by atoms with van der Waals surface area (Å²) in [5.74, 6) is 0.834. The average Bonchev–Trinajstić information content (AvgIpc) is 2.62. The van der Waals surface area contributed by atoms with Crippen molar-refractivity contribution in [1.82, 2.24) is 4.98 Å². The van der Waals surface area contributed by atoms with Gasteiger partial charge in [0.25, 0.3) is 0 Å². The van der Waals surface area contributed by atoms with Gasteiger partial charge in [0.05, 0.1) is 5.56 Å². The first-order valence-corrected chi connectivity index (χ1v) is 6.63. The van der Waals surface area contributed by atoms with Gasteiger partial charge in [-0.15, -0.1) is 0 Å². The van der Waals surface area contributed by atoms with Gasteiger partial charge in [-0.2, -0.15) is 0 Å². The summed E-state index contributed by atoms with van der Waals surface area (Å²) in [6.07, 6.45) is 6.43. The van der Waals surface area contributed by atoms with Crippen LogP contribution in [-0.4, -0.2) is 28.1 Å². The fourth-order valence-electron chi connectivity index (χ4n) is 3.49. The van der Waals surface area contributed by atoms with Crippen molar-refractivity contribution in [3.8, 4) is 0 Å². The van der Waals surface area contributed by atoms with Gasteiger partial charge in [-0.05, 0) is 43.7 Å². The van der Waals surface area contributed by atoms with Crippen molar-refractivity contribution in [2.45, 2.75) is 44.7 Å². The van der Waals surface area contributed by atoms with E-state index >= 15 is 0 Å². The molecule has 2 unspecified atom stereocenters. The number of carboxylic acids is 1. The van der Waals surface area contributed by atoms with Gasteiger partial charge in [-0.25, -0.2) is 9.78 Å². The summed E-state index contributed by atoms with van der Waals surface area (Å²) in [5, 5.41) is 8.88. The van der Waals surface area contributed by atoms with Crippen LogP contribution >= 0.6 is 0 Å². The third-order valence-electron chi connectivity index (χ3n) is 4.23. The molecule has 2 saturated heterocycles. The highest BCUT2D eigenvalue weighted by molar-refractivity contribution is 5.87. The van der Waals surface area contributed by atoms with Crippen LogP contribution in [0, 0.1) is 5.92 Å². The highest BCUT2D eigenvalue weighted by atomic mass is 16.4. The van der Waals surface area contributed by atoms with Crippen LogP contribution in [-0.2, 0) is 0 Å². The number of aromatic nitrogens is 1. The largest absolute Gasteiger partial charge is 0.478 e. The number of carbonyl (C=O) groups is 1. The fourth-order valence-corrected chi connectivity index (χ4v) is 3.49. The van der Waals surface area contributed by atoms with Gasteiger partial charge < -0.3 is 10.0 Å². The molecule has 18 heavy (non-hydrogen) atoms. The lowest BCUT2D eigenvalue weighted by Gasteiger charge is -2.38. The Bertz CT molecular complexity index is 443. The second-order valence-corrected chi connectivity index (χ2v) is 5.58. The fraction of sp³-hybridized carbons (Fsp3) is 0.571. The van der Waals surface area contributed by atoms with Crippen molar-refractivity contribution in [2.24, 2.45) is 5.92 Å². The summed E-state index contributed by atoms with van der Waals surface area (Å²) >= 11 is 0. The molecule has 0 saturated carbocycles. The number of anilines is 1. The van der Waals surface area contributed by atoms with Crippen molar-refractivity contribution in [3.63, 3.8) is 0 Å². The molecule has 2 atom stereocenters. The normalized spacial score (nSPS) is 30.5. The Kier molecular flexibility index (Phi) is 2.73. The Morgan fingerprint density at radius 3 is 2.50 bits per heavy atom. The van der Waals surface area contributed by atoms with Gasteiger partial charge in [-0.1, -0.05) is 6.92 Å². The maximum atomic E-state index is 10.8. The zero-order valence-corrected chi connectivity index (χ0v) is 10.5. The standard InChI is InChI=1S/C14H18N2O2/c1-9-6-11-3-4-12(7-9)16(11)13-5-2-10(8-15-13)14(17)18/h2,5,8-9,11-12H,3-4,6-7H2,1H3,(H,17,18). The van der Waals surface area contributed by atoms with E-state index in [2.05, 4.69) is 16.8 Å². The molecule has 3 heterocycles. The SMILES string of the molecule is CC1CC2CCC(C1)N2c1ccc(C(=O)O)cn1. The van der Waals surface area contributed by atoms with E-state index in [0.717, 1.165) is 11.7 Å². The average molecular weight is 246 g/mol. The molecule has 2 fully saturated rings. The molecule has 0 aliphatic carbocycles. The molecule has 0 aromatic carbocycles. The molecule has 0 radical (unpaired) electrons. The minimum Gasteiger partial charge on any atom is -0.478 e. The van der Waals surface area contributed by atoms with E-state index in [9.17, 15) is 4.79 Å². The van der Waals surface area contributed by atoms with Gasteiger partial charge in [0.15, 0.2) is 0 Å². The molecule has 2 aliphatic heterocycles. The Hall–Kier alpha value is -1.58. The number of rotatable bonds is 2. The third-order valence-corrected chi connectivity index (χ3v) is 4.23. The predicted octanol–water partition coefficient (Wildman–Crippen LogP) is 2.55. The molecular formula is C14H18N2O2. The number of pyridine rings is 1. The molecule has 4 nitrogen and oxygen atoms in total. The summed E-state index contributed by atoms with van der Waals surface area (Å²) in [5.41, 5.74) is 0.261. The highest BCUT2D eigenvalue weighted by Gasteiger charge is 2.39. The van der Waals surface area contributed by atoms with Crippen LogP contribution in [0.5, 0.6) is 0 Å². The Morgan fingerprint density at radius 2 is 2.00 bits per heavy atom. The number of fused-ring (bicyclic) bond motifs is 2. The van der Waals surface area contributed by atoms with Crippen LogP contribution in [0.15, 0.2) is 18.3 Å². The Labute approximate surface area is 107 Å². The number of piperidine rings is 1. The first-order valence-electron chi connectivity index (χ1n) is 6.63. The molecule has 1 N–H and O–H groups in total. The maximum absolute atomic E-state index is 10.8. The number of nitrogens with zero attached hydrogens (tertiary/aromatic N) is 2. The lowest BCUT2D eigenvalue weighted by Crippen LogP contribution is -2.42. The van der Waals surface area contributed by atoms with Gasteiger partial charge in [0, 0.05) is 18.3 Å². The molecule has 1 aromatic heterocycles. The van der Waals surface area contributed by atoms with Crippen molar-refractivity contribution in [1.29, 1.82) is 0 Å². The summed E-state index contributed by atoms with van der Waals surface area (Å²) in [7, 11) is 0. The van der Waals surface area contributed by atoms with Crippen molar-refractivity contribution in [3.05, 3.63) is 23.9 Å². The lowest BCUT2D eigenvalue weighted by molar-refractivity contribution is 0.0696. The Morgan fingerprint density at radius 1 is 1.33 bits per heavy atom. The number of hydrogen-bond donors (Lipinski definition) is 1. The van der Waals surface area contributed by atoms with Gasteiger partial charge >= 0.3 is 5.97 Å². The van der Waals surface area contributed by atoms with Crippen LogP contribution in [0.1, 0.15) is 43.0 Å².